The van der Waals surface area contributed by atoms with Gasteiger partial charge in [0.2, 0.25) is 0 Å². The molecule has 1 heterocycles. The summed E-state index contributed by atoms with van der Waals surface area (Å²) in [5.41, 5.74) is 4.64. The Morgan fingerprint density at radius 2 is 1.70 bits per heavy atom. The Balaban J connectivity index is 1.80. The van der Waals surface area contributed by atoms with Crippen LogP contribution in [0.4, 0.5) is 4.39 Å². The van der Waals surface area contributed by atoms with Crippen LogP contribution in [-0.4, -0.2) is 28.3 Å². The molecule has 0 fully saturated rings. The van der Waals surface area contributed by atoms with Gasteiger partial charge in [0.25, 0.3) is 0 Å². The minimum Gasteiger partial charge on any atom is -0.318 e. The minimum atomic E-state index is -0.267. The standard InChI is InChI=1S/C23H25FN2O/c1-4-25(15-19-8-6-5-7-9-19)16-23(27)22-14-17(2)26(18(22)3)21-12-10-20(24)11-13-21/h5-14H,4,15-16H2,1-3H3. The van der Waals surface area contributed by atoms with Gasteiger partial charge >= 0.3 is 0 Å². The lowest BCUT2D eigenvalue weighted by Crippen LogP contribution is -2.29. The highest BCUT2D eigenvalue weighted by atomic mass is 19.1. The highest BCUT2D eigenvalue weighted by Gasteiger charge is 2.19. The molecule has 0 saturated carbocycles. The van der Waals surface area contributed by atoms with E-state index in [9.17, 15) is 9.18 Å². The van der Waals surface area contributed by atoms with E-state index >= 15 is 0 Å². The summed E-state index contributed by atoms with van der Waals surface area (Å²) in [6.45, 7) is 7.90. The molecule has 0 aliphatic heterocycles. The molecule has 0 saturated heterocycles. The van der Waals surface area contributed by atoms with Crippen LogP contribution in [0, 0.1) is 19.7 Å². The lowest BCUT2D eigenvalue weighted by atomic mass is 10.1. The molecule has 27 heavy (non-hydrogen) atoms. The van der Waals surface area contributed by atoms with Gasteiger partial charge in [-0.25, -0.2) is 4.39 Å². The van der Waals surface area contributed by atoms with Crippen molar-refractivity contribution in [2.75, 3.05) is 13.1 Å². The number of Topliss-reactive ketones (excluding diaryl/α,β-unsaturated/α-hetero) is 1. The number of likely N-dealkylation sites (N-methyl/N-ethyl adjacent to an activating group) is 1. The highest BCUT2D eigenvalue weighted by Crippen LogP contribution is 2.22. The minimum absolute atomic E-state index is 0.106. The third-order valence-electron chi connectivity index (χ3n) is 4.88. The number of aryl methyl sites for hydroxylation is 1. The van der Waals surface area contributed by atoms with Gasteiger partial charge in [-0.2, -0.15) is 0 Å². The van der Waals surface area contributed by atoms with Crippen molar-refractivity contribution in [3.8, 4) is 5.69 Å². The van der Waals surface area contributed by atoms with Gasteiger partial charge in [0.1, 0.15) is 5.82 Å². The van der Waals surface area contributed by atoms with Gasteiger partial charge in [0.05, 0.1) is 6.54 Å². The summed E-state index contributed by atoms with van der Waals surface area (Å²) in [7, 11) is 0. The van der Waals surface area contributed by atoms with E-state index in [0.29, 0.717) is 6.54 Å². The number of rotatable bonds is 7. The topological polar surface area (TPSA) is 25.2 Å². The third kappa shape index (κ3) is 4.34. The maximum atomic E-state index is 13.2. The van der Waals surface area contributed by atoms with Crippen molar-refractivity contribution in [3.05, 3.63) is 89.0 Å². The predicted molar refractivity (Wildman–Crippen MR) is 107 cm³/mol. The first-order valence-corrected chi connectivity index (χ1v) is 9.24. The van der Waals surface area contributed by atoms with Crippen molar-refractivity contribution in [3.63, 3.8) is 0 Å². The Morgan fingerprint density at radius 1 is 1.04 bits per heavy atom. The van der Waals surface area contributed by atoms with Gasteiger partial charge in [0, 0.05) is 29.2 Å². The first kappa shape index (κ1) is 19.1. The van der Waals surface area contributed by atoms with Crippen LogP contribution < -0.4 is 0 Å². The molecule has 0 spiro atoms. The molecule has 0 aliphatic carbocycles. The molecule has 0 unspecified atom stereocenters. The fourth-order valence-electron chi connectivity index (χ4n) is 3.44. The summed E-state index contributed by atoms with van der Waals surface area (Å²) < 4.78 is 15.2. The van der Waals surface area contributed by atoms with E-state index in [4.69, 9.17) is 0 Å². The zero-order valence-electron chi connectivity index (χ0n) is 16.1. The van der Waals surface area contributed by atoms with Crippen molar-refractivity contribution in [2.24, 2.45) is 0 Å². The summed E-state index contributed by atoms with van der Waals surface area (Å²) >= 11 is 0. The molecule has 3 nitrogen and oxygen atoms in total. The van der Waals surface area contributed by atoms with E-state index < -0.39 is 0 Å². The van der Waals surface area contributed by atoms with Gasteiger partial charge in [-0.15, -0.1) is 0 Å². The molecule has 0 bridgehead atoms. The quantitative estimate of drug-likeness (QED) is 0.555. The van der Waals surface area contributed by atoms with Crippen LogP contribution in [-0.2, 0) is 6.54 Å². The largest absolute Gasteiger partial charge is 0.318 e. The molecule has 0 N–H and O–H groups in total. The van der Waals surface area contributed by atoms with Gasteiger partial charge < -0.3 is 4.57 Å². The van der Waals surface area contributed by atoms with E-state index in [1.54, 1.807) is 12.1 Å². The Kier molecular flexibility index (Phi) is 5.87. The number of nitrogens with zero attached hydrogens (tertiary/aromatic N) is 2. The van der Waals surface area contributed by atoms with Crippen LogP contribution >= 0.6 is 0 Å². The van der Waals surface area contributed by atoms with Crippen LogP contribution in [0.25, 0.3) is 5.69 Å². The monoisotopic (exact) mass is 364 g/mol. The molecule has 0 aliphatic rings. The van der Waals surface area contributed by atoms with Gasteiger partial charge in [0.15, 0.2) is 5.78 Å². The van der Waals surface area contributed by atoms with E-state index in [0.717, 1.165) is 35.7 Å². The van der Waals surface area contributed by atoms with Gasteiger partial charge in [-0.1, -0.05) is 37.3 Å². The highest BCUT2D eigenvalue weighted by molar-refractivity contribution is 5.99. The fraction of sp³-hybridized carbons (Fsp3) is 0.261. The summed E-state index contributed by atoms with van der Waals surface area (Å²) in [6, 6.07) is 18.5. The zero-order chi connectivity index (χ0) is 19.4. The van der Waals surface area contributed by atoms with Crippen LogP contribution in [0.15, 0.2) is 60.7 Å². The zero-order valence-corrected chi connectivity index (χ0v) is 16.1. The molecule has 2 aromatic carbocycles. The molecule has 1 aromatic heterocycles. The number of hydrogen-bond donors (Lipinski definition) is 0. The second-order valence-electron chi connectivity index (χ2n) is 6.81. The SMILES string of the molecule is CCN(CC(=O)c1cc(C)n(-c2ccc(F)cc2)c1C)Cc1ccccc1. The summed E-state index contributed by atoms with van der Waals surface area (Å²) in [6.07, 6.45) is 0. The first-order valence-electron chi connectivity index (χ1n) is 9.24. The van der Waals surface area contributed by atoms with Crippen molar-refractivity contribution in [1.29, 1.82) is 0 Å². The maximum absolute atomic E-state index is 13.2. The summed E-state index contributed by atoms with van der Waals surface area (Å²) in [4.78, 5) is 15.1. The van der Waals surface area contributed by atoms with Crippen LogP contribution in [0.5, 0.6) is 0 Å². The normalized spacial score (nSPS) is 11.1. The van der Waals surface area contributed by atoms with Crippen molar-refractivity contribution in [1.82, 2.24) is 9.47 Å². The molecule has 140 valence electrons. The Hall–Kier alpha value is -2.72. The van der Waals surface area contributed by atoms with Crippen molar-refractivity contribution >= 4 is 5.78 Å². The maximum Gasteiger partial charge on any atom is 0.178 e. The predicted octanol–water partition coefficient (Wildman–Crippen LogP) is 4.94. The van der Waals surface area contributed by atoms with E-state index in [1.165, 1.54) is 17.7 Å². The molecule has 3 rings (SSSR count). The number of hydrogen-bond acceptors (Lipinski definition) is 2. The van der Waals surface area contributed by atoms with Crippen molar-refractivity contribution in [2.45, 2.75) is 27.3 Å². The number of ketones is 1. The molecular formula is C23H25FN2O. The average molecular weight is 364 g/mol. The second kappa shape index (κ2) is 8.31. The molecule has 0 atom stereocenters. The number of carbonyl (C=O) groups excluding carboxylic acids is 1. The van der Waals surface area contributed by atoms with Gasteiger partial charge in [-0.05, 0) is 56.3 Å². The molecule has 3 aromatic rings. The molecule has 0 radical (unpaired) electrons. The number of aromatic nitrogens is 1. The third-order valence-corrected chi connectivity index (χ3v) is 4.88. The number of halogens is 1. The van der Waals surface area contributed by atoms with Crippen LogP contribution in [0.2, 0.25) is 0 Å². The average Bonchev–Trinajstić information content (AvgIpc) is 2.97. The molecule has 4 heteroatoms. The number of benzene rings is 2. The van der Waals surface area contributed by atoms with E-state index in [2.05, 4.69) is 24.0 Å². The molecule has 0 amide bonds. The number of carbonyl (C=O) groups is 1. The van der Waals surface area contributed by atoms with Gasteiger partial charge in [-0.3, -0.25) is 9.69 Å². The smallest absolute Gasteiger partial charge is 0.178 e. The fourth-order valence-corrected chi connectivity index (χ4v) is 3.44. The van der Waals surface area contributed by atoms with Crippen LogP contribution in [0.1, 0.15) is 34.2 Å². The lowest BCUT2D eigenvalue weighted by molar-refractivity contribution is 0.0929. The Bertz CT molecular complexity index is 914. The van der Waals surface area contributed by atoms with E-state index in [1.807, 2.05) is 42.7 Å². The Labute approximate surface area is 160 Å². The van der Waals surface area contributed by atoms with E-state index in [-0.39, 0.29) is 11.6 Å². The Morgan fingerprint density at radius 3 is 2.33 bits per heavy atom. The first-order chi connectivity index (χ1) is 13.0. The second-order valence-corrected chi connectivity index (χ2v) is 6.81. The van der Waals surface area contributed by atoms with Crippen LogP contribution in [0.3, 0.4) is 0 Å². The molecular weight excluding hydrogens is 339 g/mol. The lowest BCUT2D eigenvalue weighted by Gasteiger charge is -2.19. The summed E-state index contributed by atoms with van der Waals surface area (Å²) in [5.74, 6) is -0.161. The summed E-state index contributed by atoms with van der Waals surface area (Å²) in [5, 5.41) is 0. The van der Waals surface area contributed by atoms with Crippen molar-refractivity contribution < 1.29 is 9.18 Å².